The first-order valence-corrected chi connectivity index (χ1v) is 10.6. The first-order valence-electron chi connectivity index (χ1n) is 10.2. The van der Waals surface area contributed by atoms with Gasteiger partial charge in [0.05, 0.1) is 25.5 Å². The van der Waals surface area contributed by atoms with Crippen molar-refractivity contribution in [1.29, 1.82) is 0 Å². The van der Waals surface area contributed by atoms with Crippen LogP contribution in [0.4, 0.5) is 0 Å². The van der Waals surface area contributed by atoms with Crippen LogP contribution in [0.25, 0.3) is 10.9 Å². The van der Waals surface area contributed by atoms with Crippen LogP contribution in [0.5, 0.6) is 0 Å². The average molecular weight is 431 g/mol. The predicted octanol–water partition coefficient (Wildman–Crippen LogP) is 2.12. The number of hydrogen-bond acceptors (Lipinski definition) is 5. The van der Waals surface area contributed by atoms with Gasteiger partial charge >= 0.3 is 0 Å². The number of hydrogen-bond donors (Lipinski definition) is 1. The quantitative estimate of drug-likeness (QED) is 0.621. The van der Waals surface area contributed by atoms with Gasteiger partial charge in [-0.3, -0.25) is 14.4 Å². The maximum atomic E-state index is 12.8. The Kier molecular flexibility index (Phi) is 6.36. The Morgan fingerprint density at radius 1 is 1.30 bits per heavy atom. The third-order valence-corrected chi connectivity index (χ3v) is 5.68. The summed E-state index contributed by atoms with van der Waals surface area (Å²) in [6.45, 7) is 7.02. The van der Waals surface area contributed by atoms with Crippen molar-refractivity contribution in [3.05, 3.63) is 46.9 Å². The van der Waals surface area contributed by atoms with E-state index in [1.54, 1.807) is 4.68 Å². The Hall–Kier alpha value is -2.42. The van der Waals surface area contributed by atoms with Gasteiger partial charge in [-0.05, 0) is 31.2 Å². The largest absolute Gasteiger partial charge is 0.379 e. The van der Waals surface area contributed by atoms with Crippen molar-refractivity contribution >= 4 is 28.4 Å². The molecule has 1 aliphatic rings. The molecule has 1 aromatic carbocycles. The van der Waals surface area contributed by atoms with Gasteiger partial charge in [-0.1, -0.05) is 16.8 Å². The summed E-state index contributed by atoms with van der Waals surface area (Å²) in [5.74, 6) is -0.120. The van der Waals surface area contributed by atoms with Gasteiger partial charge < -0.3 is 14.6 Å². The molecule has 1 aliphatic heterocycles. The number of fused-ring (bicyclic) bond motifs is 1. The molecule has 1 amide bonds. The summed E-state index contributed by atoms with van der Waals surface area (Å²) in [5, 5.41) is 13.1. The molecule has 30 heavy (non-hydrogen) atoms. The molecule has 1 N–H and O–H groups in total. The van der Waals surface area contributed by atoms with E-state index >= 15 is 0 Å². The van der Waals surface area contributed by atoms with Crippen LogP contribution >= 0.6 is 11.6 Å². The van der Waals surface area contributed by atoms with Crippen molar-refractivity contribution in [2.45, 2.75) is 25.9 Å². The number of aromatic nitrogens is 4. The third kappa shape index (κ3) is 4.83. The van der Waals surface area contributed by atoms with Crippen LogP contribution in [-0.2, 0) is 24.8 Å². The Morgan fingerprint density at radius 2 is 2.10 bits per heavy atom. The van der Waals surface area contributed by atoms with Crippen LogP contribution in [-0.4, -0.2) is 69.3 Å². The SMILES string of the molecule is C[C@H](Cn1cc(CCN2CCOCC2)nn1)NC(=O)c1cc2cc(Cl)ccc2n1C. The number of carbonyl (C=O) groups is 1. The summed E-state index contributed by atoms with van der Waals surface area (Å²) >= 11 is 6.07. The lowest BCUT2D eigenvalue weighted by atomic mass is 10.2. The summed E-state index contributed by atoms with van der Waals surface area (Å²) in [6.07, 6.45) is 2.82. The molecule has 160 valence electrons. The van der Waals surface area contributed by atoms with Crippen LogP contribution in [0.2, 0.25) is 5.02 Å². The van der Waals surface area contributed by atoms with E-state index in [-0.39, 0.29) is 11.9 Å². The summed E-state index contributed by atoms with van der Waals surface area (Å²) in [6, 6.07) is 7.39. The van der Waals surface area contributed by atoms with Crippen molar-refractivity contribution in [1.82, 2.24) is 29.8 Å². The van der Waals surface area contributed by atoms with E-state index in [9.17, 15) is 4.79 Å². The number of rotatable bonds is 7. The van der Waals surface area contributed by atoms with Gasteiger partial charge in [0.1, 0.15) is 5.69 Å². The minimum absolute atomic E-state index is 0.0899. The minimum Gasteiger partial charge on any atom is -0.379 e. The molecule has 0 spiro atoms. The summed E-state index contributed by atoms with van der Waals surface area (Å²) in [7, 11) is 1.88. The topological polar surface area (TPSA) is 77.2 Å². The van der Waals surface area contributed by atoms with E-state index in [0.29, 0.717) is 17.3 Å². The molecule has 0 saturated carbocycles. The number of ether oxygens (including phenoxy) is 1. The second-order valence-corrected chi connectivity index (χ2v) is 8.24. The van der Waals surface area contributed by atoms with E-state index in [2.05, 4.69) is 20.5 Å². The average Bonchev–Trinajstić information content (AvgIpc) is 3.31. The molecule has 3 aromatic rings. The Bertz CT molecular complexity index is 1020. The molecule has 3 heterocycles. The maximum Gasteiger partial charge on any atom is 0.268 e. The van der Waals surface area contributed by atoms with E-state index in [1.165, 1.54) is 0 Å². The highest BCUT2D eigenvalue weighted by atomic mass is 35.5. The molecule has 9 heteroatoms. The highest BCUT2D eigenvalue weighted by molar-refractivity contribution is 6.31. The van der Waals surface area contributed by atoms with E-state index in [4.69, 9.17) is 16.3 Å². The molecule has 1 fully saturated rings. The van der Waals surface area contributed by atoms with Crippen LogP contribution in [0.15, 0.2) is 30.5 Å². The molecule has 8 nitrogen and oxygen atoms in total. The summed E-state index contributed by atoms with van der Waals surface area (Å²) in [4.78, 5) is 15.2. The molecule has 0 aliphatic carbocycles. The van der Waals surface area contributed by atoms with Gasteiger partial charge in [-0.15, -0.1) is 5.10 Å². The molecule has 1 saturated heterocycles. The van der Waals surface area contributed by atoms with Gasteiger partial charge in [0.2, 0.25) is 0 Å². The first-order chi connectivity index (χ1) is 14.5. The fraction of sp³-hybridized carbons (Fsp3) is 0.476. The van der Waals surface area contributed by atoms with Crippen LogP contribution in [0, 0.1) is 0 Å². The number of nitrogens with zero attached hydrogens (tertiary/aromatic N) is 5. The zero-order valence-corrected chi connectivity index (χ0v) is 18.1. The number of aryl methyl sites for hydroxylation is 1. The highest BCUT2D eigenvalue weighted by Crippen LogP contribution is 2.22. The van der Waals surface area contributed by atoms with Gasteiger partial charge in [0.15, 0.2) is 0 Å². The van der Waals surface area contributed by atoms with Crippen LogP contribution < -0.4 is 5.32 Å². The second-order valence-electron chi connectivity index (χ2n) is 7.80. The van der Waals surface area contributed by atoms with E-state index in [0.717, 1.165) is 55.9 Å². The molecular formula is C21H27ClN6O2. The number of morpholine rings is 1. The zero-order valence-electron chi connectivity index (χ0n) is 17.3. The monoisotopic (exact) mass is 430 g/mol. The number of amides is 1. The van der Waals surface area contributed by atoms with Crippen molar-refractivity contribution in [2.24, 2.45) is 7.05 Å². The number of carbonyl (C=O) groups excluding carboxylic acids is 1. The Balaban J connectivity index is 1.32. The number of halogens is 1. The normalized spacial score (nSPS) is 16.1. The third-order valence-electron chi connectivity index (χ3n) is 5.45. The van der Waals surface area contributed by atoms with E-state index in [1.807, 2.05) is 49.0 Å². The lowest BCUT2D eigenvalue weighted by molar-refractivity contribution is 0.0383. The van der Waals surface area contributed by atoms with Gasteiger partial charge in [-0.2, -0.15) is 0 Å². The number of benzene rings is 1. The molecule has 0 radical (unpaired) electrons. The lowest BCUT2D eigenvalue weighted by Gasteiger charge is -2.25. The van der Waals surface area contributed by atoms with Crippen molar-refractivity contribution < 1.29 is 9.53 Å². The molecule has 2 aromatic heterocycles. The molecular weight excluding hydrogens is 404 g/mol. The first kappa shape index (κ1) is 20.8. The minimum atomic E-state index is -0.120. The summed E-state index contributed by atoms with van der Waals surface area (Å²) in [5.41, 5.74) is 2.54. The smallest absolute Gasteiger partial charge is 0.268 e. The van der Waals surface area contributed by atoms with Crippen molar-refractivity contribution in [3.63, 3.8) is 0 Å². The van der Waals surface area contributed by atoms with E-state index < -0.39 is 0 Å². The molecule has 4 rings (SSSR count). The molecule has 0 bridgehead atoms. The molecule has 1 atom stereocenters. The lowest BCUT2D eigenvalue weighted by Crippen LogP contribution is -2.37. The van der Waals surface area contributed by atoms with Gasteiger partial charge in [0, 0.05) is 61.3 Å². The Labute approximate surface area is 180 Å². The maximum absolute atomic E-state index is 12.8. The predicted molar refractivity (Wildman–Crippen MR) is 116 cm³/mol. The Morgan fingerprint density at radius 3 is 2.90 bits per heavy atom. The number of nitrogens with one attached hydrogen (secondary N) is 1. The van der Waals surface area contributed by atoms with Crippen LogP contribution in [0.1, 0.15) is 23.1 Å². The second kappa shape index (κ2) is 9.16. The summed E-state index contributed by atoms with van der Waals surface area (Å²) < 4.78 is 9.05. The fourth-order valence-corrected chi connectivity index (χ4v) is 3.98. The van der Waals surface area contributed by atoms with Crippen LogP contribution in [0.3, 0.4) is 0 Å². The van der Waals surface area contributed by atoms with Gasteiger partial charge in [0.25, 0.3) is 5.91 Å². The zero-order chi connectivity index (χ0) is 21.1. The van der Waals surface area contributed by atoms with Crippen molar-refractivity contribution in [2.75, 3.05) is 32.8 Å². The van der Waals surface area contributed by atoms with Crippen molar-refractivity contribution in [3.8, 4) is 0 Å². The molecule has 0 unspecified atom stereocenters. The standard InChI is InChI=1S/C21H27ClN6O2/c1-15(13-28-14-18(24-25-28)5-6-27-7-9-30-10-8-27)23-21(29)20-12-16-11-17(22)3-4-19(16)26(20)2/h3-4,11-12,14-15H,5-10,13H2,1-2H3,(H,23,29)/t15-/m1/s1. The fourth-order valence-electron chi connectivity index (χ4n) is 3.80. The van der Waals surface area contributed by atoms with Gasteiger partial charge in [-0.25, -0.2) is 0 Å². The highest BCUT2D eigenvalue weighted by Gasteiger charge is 2.17.